The minimum atomic E-state index is 0. The molecule has 6 nitrogen and oxygen atoms in total. The smallest absolute Gasteiger partial charge is 0.191 e. The number of halogens is 1. The van der Waals surface area contributed by atoms with Gasteiger partial charge in [-0.2, -0.15) is 0 Å². The van der Waals surface area contributed by atoms with Crippen molar-refractivity contribution >= 4 is 29.9 Å². The van der Waals surface area contributed by atoms with Gasteiger partial charge in [0.1, 0.15) is 12.4 Å². The first-order valence-corrected chi connectivity index (χ1v) is 10.8. The lowest BCUT2D eigenvalue weighted by molar-refractivity contribution is 0.155. The molecule has 0 saturated carbocycles. The summed E-state index contributed by atoms with van der Waals surface area (Å²) in [5.41, 5.74) is 1.31. The molecule has 1 aromatic carbocycles. The maximum atomic E-state index is 6.05. The van der Waals surface area contributed by atoms with Crippen molar-refractivity contribution in [2.24, 2.45) is 4.99 Å². The molecule has 1 aliphatic heterocycles. The number of aliphatic imine (C=N–C) groups is 1. The summed E-state index contributed by atoms with van der Waals surface area (Å²) in [5, 5.41) is 6.94. The normalized spacial score (nSPS) is 16.1. The fourth-order valence-electron chi connectivity index (χ4n) is 3.66. The molecule has 0 atom stereocenters. The first kappa shape index (κ1) is 27.0. The second-order valence-electron chi connectivity index (χ2n) is 8.70. The van der Waals surface area contributed by atoms with Gasteiger partial charge < -0.3 is 25.0 Å². The van der Waals surface area contributed by atoms with Crippen LogP contribution in [0.1, 0.15) is 45.6 Å². The van der Waals surface area contributed by atoms with Crippen LogP contribution in [0.5, 0.6) is 5.75 Å². The van der Waals surface area contributed by atoms with Gasteiger partial charge in [0.2, 0.25) is 0 Å². The Balaban J connectivity index is 0.00000450. The molecular weight excluding hydrogens is 491 g/mol. The number of ether oxygens (including phenoxy) is 2. The van der Waals surface area contributed by atoms with E-state index in [1.54, 1.807) is 7.11 Å². The maximum absolute atomic E-state index is 6.05. The first-order valence-electron chi connectivity index (χ1n) is 10.8. The standard InChI is InChI=1S/C23H40N4O2.HI/c1-23(2,3)20-9-6-7-10-21(20)29-18-13-25-22(24-4)26-19-11-15-27(16-12-19)14-8-17-28-5;/h6-7,9-10,19H,8,11-18H2,1-5H3,(H2,24,25,26);1H. The maximum Gasteiger partial charge on any atom is 0.191 e. The molecule has 30 heavy (non-hydrogen) atoms. The van der Waals surface area contributed by atoms with Crippen molar-refractivity contribution < 1.29 is 9.47 Å². The number of hydrogen-bond acceptors (Lipinski definition) is 4. The van der Waals surface area contributed by atoms with E-state index in [1.165, 1.54) is 5.56 Å². The highest BCUT2D eigenvalue weighted by atomic mass is 127. The highest BCUT2D eigenvalue weighted by Gasteiger charge is 2.20. The summed E-state index contributed by atoms with van der Waals surface area (Å²) >= 11 is 0. The van der Waals surface area contributed by atoms with Gasteiger partial charge in [0.15, 0.2) is 5.96 Å². The molecule has 1 aromatic rings. The minimum absolute atomic E-state index is 0. The third-order valence-electron chi connectivity index (χ3n) is 5.32. The van der Waals surface area contributed by atoms with Gasteiger partial charge in [-0.15, -0.1) is 24.0 Å². The molecule has 1 aliphatic rings. The largest absolute Gasteiger partial charge is 0.491 e. The van der Waals surface area contributed by atoms with E-state index in [0.29, 0.717) is 19.2 Å². The zero-order valence-corrected chi connectivity index (χ0v) is 21.7. The summed E-state index contributed by atoms with van der Waals surface area (Å²) in [4.78, 5) is 6.89. The molecule has 1 saturated heterocycles. The summed E-state index contributed by atoms with van der Waals surface area (Å²) in [6.07, 6.45) is 3.39. The number of nitrogens with zero attached hydrogens (tertiary/aromatic N) is 2. The molecule has 0 aromatic heterocycles. The van der Waals surface area contributed by atoms with Gasteiger partial charge in [-0.25, -0.2) is 0 Å². The molecule has 1 fully saturated rings. The van der Waals surface area contributed by atoms with Crippen LogP contribution in [0.2, 0.25) is 0 Å². The molecule has 0 amide bonds. The van der Waals surface area contributed by atoms with E-state index >= 15 is 0 Å². The van der Waals surface area contributed by atoms with Crippen molar-refractivity contribution in [1.82, 2.24) is 15.5 Å². The quantitative estimate of drug-likeness (QED) is 0.220. The Labute approximate surface area is 200 Å². The SMILES string of the molecule is CN=C(NCCOc1ccccc1C(C)(C)C)NC1CCN(CCCOC)CC1.I. The lowest BCUT2D eigenvalue weighted by Crippen LogP contribution is -2.49. The highest BCUT2D eigenvalue weighted by Crippen LogP contribution is 2.30. The molecule has 2 N–H and O–H groups in total. The van der Waals surface area contributed by atoms with Crippen LogP contribution in [-0.4, -0.2) is 70.5 Å². The number of likely N-dealkylation sites (tertiary alicyclic amines) is 1. The van der Waals surface area contributed by atoms with Gasteiger partial charge in [0.25, 0.3) is 0 Å². The summed E-state index contributed by atoms with van der Waals surface area (Å²) in [5.74, 6) is 1.82. The monoisotopic (exact) mass is 532 g/mol. The molecule has 7 heteroatoms. The van der Waals surface area contributed by atoms with E-state index in [4.69, 9.17) is 9.47 Å². The Morgan fingerprint density at radius 2 is 1.87 bits per heavy atom. The van der Waals surface area contributed by atoms with Crippen LogP contribution in [0, 0.1) is 0 Å². The lowest BCUT2D eigenvalue weighted by Gasteiger charge is -2.33. The van der Waals surface area contributed by atoms with Crippen molar-refractivity contribution in [3.63, 3.8) is 0 Å². The lowest BCUT2D eigenvalue weighted by atomic mass is 9.86. The Hall–Kier alpha value is -1.06. The second-order valence-corrected chi connectivity index (χ2v) is 8.70. The van der Waals surface area contributed by atoms with E-state index in [9.17, 15) is 0 Å². The number of benzene rings is 1. The van der Waals surface area contributed by atoms with Gasteiger partial charge in [0.05, 0.1) is 6.54 Å². The van der Waals surface area contributed by atoms with Crippen molar-refractivity contribution in [2.75, 3.05) is 53.6 Å². The minimum Gasteiger partial charge on any atom is -0.491 e. The predicted molar refractivity (Wildman–Crippen MR) is 137 cm³/mol. The molecule has 1 heterocycles. The molecule has 0 radical (unpaired) electrons. The summed E-state index contributed by atoms with van der Waals surface area (Å²) in [7, 11) is 3.59. The Morgan fingerprint density at radius 1 is 1.17 bits per heavy atom. The van der Waals surface area contributed by atoms with Crippen LogP contribution in [-0.2, 0) is 10.2 Å². The van der Waals surface area contributed by atoms with E-state index in [1.807, 2.05) is 19.2 Å². The Morgan fingerprint density at radius 3 is 2.50 bits per heavy atom. The van der Waals surface area contributed by atoms with Crippen molar-refractivity contribution in [3.8, 4) is 5.75 Å². The van der Waals surface area contributed by atoms with Gasteiger partial charge >= 0.3 is 0 Å². The average Bonchev–Trinajstić information content (AvgIpc) is 2.71. The molecule has 0 aliphatic carbocycles. The van der Waals surface area contributed by atoms with E-state index < -0.39 is 0 Å². The fraction of sp³-hybridized carbons (Fsp3) is 0.696. The van der Waals surface area contributed by atoms with Crippen LogP contribution in [0.15, 0.2) is 29.3 Å². The number of piperidine rings is 1. The van der Waals surface area contributed by atoms with Gasteiger partial charge in [-0.05, 0) is 36.3 Å². The number of guanidine groups is 1. The summed E-state index contributed by atoms with van der Waals surface area (Å²) < 4.78 is 11.2. The highest BCUT2D eigenvalue weighted by molar-refractivity contribution is 14.0. The number of methoxy groups -OCH3 is 1. The molecule has 0 spiro atoms. The zero-order chi connectivity index (χ0) is 21.1. The number of para-hydroxylation sites is 1. The number of nitrogens with one attached hydrogen (secondary N) is 2. The third-order valence-corrected chi connectivity index (χ3v) is 5.32. The van der Waals surface area contributed by atoms with Crippen LogP contribution in [0.25, 0.3) is 0 Å². The average molecular weight is 533 g/mol. The van der Waals surface area contributed by atoms with Crippen LogP contribution in [0.3, 0.4) is 0 Å². The van der Waals surface area contributed by atoms with Gasteiger partial charge in [-0.1, -0.05) is 39.0 Å². The predicted octanol–water partition coefficient (Wildman–Crippen LogP) is 3.65. The van der Waals surface area contributed by atoms with Crippen LogP contribution in [0.4, 0.5) is 0 Å². The summed E-state index contributed by atoms with van der Waals surface area (Å²) in [6, 6.07) is 8.77. The Bertz CT molecular complexity index is 626. The van der Waals surface area contributed by atoms with E-state index in [-0.39, 0.29) is 29.4 Å². The van der Waals surface area contributed by atoms with Crippen molar-refractivity contribution in [3.05, 3.63) is 29.8 Å². The fourth-order valence-corrected chi connectivity index (χ4v) is 3.66. The molecule has 0 bridgehead atoms. The second kappa shape index (κ2) is 14.1. The van der Waals surface area contributed by atoms with Crippen LogP contribution >= 0.6 is 24.0 Å². The Kier molecular flexibility index (Phi) is 12.7. The number of hydrogen-bond donors (Lipinski definition) is 2. The van der Waals surface area contributed by atoms with Gasteiger partial charge in [-0.3, -0.25) is 4.99 Å². The topological polar surface area (TPSA) is 58.1 Å². The van der Waals surface area contributed by atoms with Crippen LogP contribution < -0.4 is 15.4 Å². The van der Waals surface area contributed by atoms with E-state index in [0.717, 1.165) is 57.2 Å². The van der Waals surface area contributed by atoms with Gasteiger partial charge in [0, 0.05) is 46.4 Å². The third kappa shape index (κ3) is 9.39. The molecule has 172 valence electrons. The molecule has 0 unspecified atom stereocenters. The van der Waals surface area contributed by atoms with E-state index in [2.05, 4.69) is 53.4 Å². The molecular formula is C23H41IN4O2. The van der Waals surface area contributed by atoms with Crippen molar-refractivity contribution in [1.29, 1.82) is 0 Å². The summed E-state index contributed by atoms with van der Waals surface area (Å²) in [6.45, 7) is 12.2. The zero-order valence-electron chi connectivity index (χ0n) is 19.4. The molecule has 2 rings (SSSR count). The van der Waals surface area contributed by atoms with Crippen molar-refractivity contribution in [2.45, 2.75) is 51.5 Å². The first-order chi connectivity index (χ1) is 13.9. The number of rotatable bonds is 9.